The molecule has 0 spiro atoms. The van der Waals surface area contributed by atoms with Crippen molar-refractivity contribution < 1.29 is 22.7 Å². The van der Waals surface area contributed by atoms with Gasteiger partial charge in [-0.3, -0.25) is 9.10 Å². The summed E-state index contributed by atoms with van der Waals surface area (Å²) in [4.78, 5) is 12.6. The van der Waals surface area contributed by atoms with Crippen LogP contribution in [0.25, 0.3) is 0 Å². The van der Waals surface area contributed by atoms with Crippen LogP contribution in [0.2, 0.25) is 0 Å². The van der Waals surface area contributed by atoms with Crippen LogP contribution in [0.5, 0.6) is 11.5 Å². The smallest absolute Gasteiger partial charge is 0.243 e. The lowest BCUT2D eigenvalue weighted by Crippen LogP contribution is -2.50. The van der Waals surface area contributed by atoms with Gasteiger partial charge < -0.3 is 14.8 Å². The average Bonchev–Trinajstić information content (AvgIpc) is 3.06. The van der Waals surface area contributed by atoms with E-state index in [2.05, 4.69) is 5.32 Å². The third kappa shape index (κ3) is 4.00. The van der Waals surface area contributed by atoms with E-state index in [1.54, 1.807) is 25.1 Å². The van der Waals surface area contributed by atoms with Crippen LogP contribution in [0, 0.1) is 0 Å². The zero-order valence-corrected chi connectivity index (χ0v) is 15.3. The number of nitrogens with zero attached hydrogens (tertiary/aromatic N) is 1. The predicted octanol–water partition coefficient (Wildman–Crippen LogP) is 1.67. The van der Waals surface area contributed by atoms with Gasteiger partial charge in [-0.1, -0.05) is 12.8 Å². The minimum Gasteiger partial charge on any atom is -0.486 e. The summed E-state index contributed by atoms with van der Waals surface area (Å²) >= 11 is 0. The summed E-state index contributed by atoms with van der Waals surface area (Å²) in [5.41, 5.74) is 0.390. The number of fused-ring (bicyclic) bond motifs is 1. The van der Waals surface area contributed by atoms with Crippen molar-refractivity contribution in [1.82, 2.24) is 5.32 Å². The molecule has 1 amide bonds. The van der Waals surface area contributed by atoms with Gasteiger partial charge in [0.1, 0.15) is 19.3 Å². The molecule has 1 heterocycles. The fourth-order valence-corrected chi connectivity index (χ4v) is 4.54. The Bertz CT molecular complexity index is 743. The summed E-state index contributed by atoms with van der Waals surface area (Å²) in [5, 5.41) is 2.96. The lowest BCUT2D eigenvalue weighted by atomic mass is 10.2. The maximum Gasteiger partial charge on any atom is 0.243 e. The Morgan fingerprint density at radius 3 is 2.48 bits per heavy atom. The lowest BCUT2D eigenvalue weighted by molar-refractivity contribution is -0.122. The zero-order valence-electron chi connectivity index (χ0n) is 14.5. The molecule has 7 nitrogen and oxygen atoms in total. The van der Waals surface area contributed by atoms with Gasteiger partial charge in [-0.2, -0.15) is 0 Å². The quantitative estimate of drug-likeness (QED) is 0.855. The Labute approximate surface area is 148 Å². The number of anilines is 1. The van der Waals surface area contributed by atoms with Gasteiger partial charge in [0.05, 0.1) is 11.9 Å². The van der Waals surface area contributed by atoms with E-state index in [1.165, 1.54) is 0 Å². The zero-order chi connectivity index (χ0) is 18.0. The highest BCUT2D eigenvalue weighted by Gasteiger charge is 2.31. The molecule has 1 aromatic rings. The minimum atomic E-state index is -3.65. The number of benzene rings is 1. The molecule has 1 unspecified atom stereocenters. The molecular weight excluding hydrogens is 344 g/mol. The lowest BCUT2D eigenvalue weighted by Gasteiger charge is -2.30. The van der Waals surface area contributed by atoms with E-state index in [9.17, 15) is 13.2 Å². The molecule has 1 saturated carbocycles. The minimum absolute atomic E-state index is 0.136. The van der Waals surface area contributed by atoms with E-state index in [0.717, 1.165) is 36.2 Å². The maximum absolute atomic E-state index is 12.6. The van der Waals surface area contributed by atoms with Gasteiger partial charge in [0, 0.05) is 12.1 Å². The monoisotopic (exact) mass is 368 g/mol. The van der Waals surface area contributed by atoms with Crippen molar-refractivity contribution in [2.45, 2.75) is 44.7 Å². The van der Waals surface area contributed by atoms with E-state index in [4.69, 9.17) is 9.47 Å². The molecule has 8 heteroatoms. The topological polar surface area (TPSA) is 84.9 Å². The molecule has 1 atom stereocenters. The van der Waals surface area contributed by atoms with Gasteiger partial charge in [-0.05, 0) is 31.9 Å². The van der Waals surface area contributed by atoms with Crippen molar-refractivity contribution in [2.24, 2.45) is 0 Å². The van der Waals surface area contributed by atoms with E-state index in [-0.39, 0.29) is 11.9 Å². The fraction of sp³-hybridized carbons (Fsp3) is 0.588. The second-order valence-electron chi connectivity index (χ2n) is 6.55. The molecule has 0 aromatic heterocycles. The molecule has 1 aromatic carbocycles. The molecule has 1 N–H and O–H groups in total. The number of sulfonamides is 1. The van der Waals surface area contributed by atoms with Crippen molar-refractivity contribution in [1.29, 1.82) is 0 Å². The SMILES string of the molecule is CC(C(=O)NC1CCCC1)N(c1ccc2c(c1)OCCO2)S(C)(=O)=O. The second kappa shape index (κ2) is 7.11. The van der Waals surface area contributed by atoms with E-state index in [0.29, 0.717) is 30.4 Å². The first-order valence-electron chi connectivity index (χ1n) is 8.55. The number of ether oxygens (including phenoxy) is 2. The maximum atomic E-state index is 12.6. The molecule has 2 aliphatic rings. The molecule has 3 rings (SSSR count). The summed E-state index contributed by atoms with van der Waals surface area (Å²) in [6.45, 7) is 2.47. The summed E-state index contributed by atoms with van der Waals surface area (Å²) < 4.78 is 36.8. The Morgan fingerprint density at radius 2 is 1.84 bits per heavy atom. The third-order valence-corrected chi connectivity index (χ3v) is 5.81. The standard InChI is InChI=1S/C17H24N2O5S/c1-12(17(20)18-13-5-3-4-6-13)19(25(2,21)22)14-7-8-15-16(11-14)24-10-9-23-15/h7-8,11-13H,3-6,9-10H2,1-2H3,(H,18,20). The molecule has 25 heavy (non-hydrogen) atoms. The van der Waals surface area contributed by atoms with Crippen LogP contribution >= 0.6 is 0 Å². The Hall–Kier alpha value is -1.96. The van der Waals surface area contributed by atoms with Crippen LogP contribution in [-0.2, 0) is 14.8 Å². The van der Waals surface area contributed by atoms with Crippen LogP contribution in [0.15, 0.2) is 18.2 Å². The van der Waals surface area contributed by atoms with Gasteiger partial charge in [0.25, 0.3) is 0 Å². The molecule has 1 aliphatic carbocycles. The number of carbonyl (C=O) groups excluding carboxylic acids is 1. The van der Waals surface area contributed by atoms with Gasteiger partial charge >= 0.3 is 0 Å². The molecule has 0 radical (unpaired) electrons. The molecule has 0 saturated heterocycles. The normalized spacial score (nSPS) is 18.6. The molecular formula is C17H24N2O5S. The number of carbonyl (C=O) groups is 1. The first kappa shape index (κ1) is 17.8. The molecule has 1 fully saturated rings. The number of hydrogen-bond donors (Lipinski definition) is 1. The Morgan fingerprint density at radius 1 is 1.20 bits per heavy atom. The summed E-state index contributed by atoms with van der Waals surface area (Å²) in [6, 6.07) is 4.20. The first-order chi connectivity index (χ1) is 11.9. The fourth-order valence-electron chi connectivity index (χ4n) is 3.37. The van der Waals surface area contributed by atoms with Crippen molar-refractivity contribution in [3.63, 3.8) is 0 Å². The van der Waals surface area contributed by atoms with Gasteiger partial charge in [0.2, 0.25) is 15.9 Å². The predicted molar refractivity (Wildman–Crippen MR) is 94.6 cm³/mol. The first-order valence-corrected chi connectivity index (χ1v) is 10.4. The van der Waals surface area contributed by atoms with Gasteiger partial charge in [-0.25, -0.2) is 8.42 Å². The number of nitrogens with one attached hydrogen (secondary N) is 1. The number of rotatable bonds is 5. The largest absolute Gasteiger partial charge is 0.486 e. The highest BCUT2D eigenvalue weighted by molar-refractivity contribution is 7.92. The Kier molecular flexibility index (Phi) is 5.08. The molecule has 1 aliphatic heterocycles. The summed E-state index contributed by atoms with van der Waals surface area (Å²) in [6.07, 6.45) is 5.18. The summed E-state index contributed by atoms with van der Waals surface area (Å²) in [7, 11) is -3.65. The molecule has 0 bridgehead atoms. The van der Waals surface area contributed by atoms with Gasteiger partial charge in [-0.15, -0.1) is 0 Å². The van der Waals surface area contributed by atoms with Crippen LogP contribution in [-0.4, -0.2) is 45.9 Å². The van der Waals surface area contributed by atoms with E-state index in [1.807, 2.05) is 0 Å². The highest BCUT2D eigenvalue weighted by atomic mass is 32.2. The van der Waals surface area contributed by atoms with Crippen LogP contribution in [0.3, 0.4) is 0 Å². The van der Waals surface area contributed by atoms with Crippen LogP contribution < -0.4 is 19.1 Å². The number of amides is 1. The van der Waals surface area contributed by atoms with Crippen LogP contribution in [0.1, 0.15) is 32.6 Å². The molecule has 138 valence electrons. The van der Waals surface area contributed by atoms with E-state index < -0.39 is 16.1 Å². The van der Waals surface area contributed by atoms with E-state index >= 15 is 0 Å². The van der Waals surface area contributed by atoms with Gasteiger partial charge in [0.15, 0.2) is 11.5 Å². The number of hydrogen-bond acceptors (Lipinski definition) is 5. The van der Waals surface area contributed by atoms with Crippen LogP contribution in [0.4, 0.5) is 5.69 Å². The van der Waals surface area contributed by atoms with Crippen molar-refractivity contribution in [2.75, 3.05) is 23.8 Å². The van der Waals surface area contributed by atoms with Crippen molar-refractivity contribution in [3.05, 3.63) is 18.2 Å². The highest BCUT2D eigenvalue weighted by Crippen LogP contribution is 2.35. The van der Waals surface area contributed by atoms with Crippen molar-refractivity contribution >= 4 is 21.6 Å². The van der Waals surface area contributed by atoms with Crippen molar-refractivity contribution in [3.8, 4) is 11.5 Å². The average molecular weight is 368 g/mol. The second-order valence-corrected chi connectivity index (χ2v) is 8.41. The summed E-state index contributed by atoms with van der Waals surface area (Å²) in [5.74, 6) is 0.777. The third-order valence-electron chi connectivity index (χ3n) is 4.57. The Balaban J connectivity index is 1.85.